The summed E-state index contributed by atoms with van der Waals surface area (Å²) in [4.78, 5) is 2.77. The number of fused-ring (bicyclic) bond motifs is 2. The van der Waals surface area contributed by atoms with E-state index in [1.54, 1.807) is 0 Å². The Morgan fingerprint density at radius 1 is 1.19 bits per heavy atom. The first-order valence-electron chi connectivity index (χ1n) is 7.24. The lowest BCUT2D eigenvalue weighted by atomic mass is 9.86. The molecular weight excluding hydrogens is 196 g/mol. The third-order valence-corrected chi connectivity index (χ3v) is 5.41. The van der Waals surface area contributed by atoms with E-state index in [1.807, 2.05) is 0 Å². The van der Waals surface area contributed by atoms with Crippen molar-refractivity contribution in [2.45, 2.75) is 64.1 Å². The molecule has 2 bridgehead atoms. The molecule has 0 aromatic heterocycles. The molecule has 2 heteroatoms. The van der Waals surface area contributed by atoms with Crippen molar-refractivity contribution in [2.75, 3.05) is 13.1 Å². The summed E-state index contributed by atoms with van der Waals surface area (Å²) in [6.07, 6.45) is 7.18. The van der Waals surface area contributed by atoms with Gasteiger partial charge in [0.15, 0.2) is 0 Å². The molecule has 92 valence electrons. The quantitative estimate of drug-likeness (QED) is 0.771. The Morgan fingerprint density at radius 3 is 2.75 bits per heavy atom. The van der Waals surface area contributed by atoms with Crippen molar-refractivity contribution < 1.29 is 0 Å². The second-order valence-corrected chi connectivity index (χ2v) is 6.40. The predicted octanol–water partition coefficient (Wildman–Crippen LogP) is 2.25. The molecule has 3 heterocycles. The van der Waals surface area contributed by atoms with Gasteiger partial charge in [-0.3, -0.25) is 0 Å². The third kappa shape index (κ3) is 1.91. The first-order chi connectivity index (χ1) is 7.74. The number of nitrogens with one attached hydrogen (secondary N) is 1. The van der Waals surface area contributed by atoms with Crippen molar-refractivity contribution in [3.63, 3.8) is 0 Å². The highest BCUT2D eigenvalue weighted by Crippen LogP contribution is 2.35. The molecule has 3 aliphatic rings. The Labute approximate surface area is 99.8 Å². The van der Waals surface area contributed by atoms with Gasteiger partial charge in [-0.05, 0) is 57.4 Å². The molecule has 2 nitrogen and oxygen atoms in total. The van der Waals surface area contributed by atoms with Gasteiger partial charge in [0.2, 0.25) is 0 Å². The van der Waals surface area contributed by atoms with Crippen LogP contribution in [0.15, 0.2) is 0 Å². The molecule has 3 aliphatic heterocycles. The minimum Gasteiger partial charge on any atom is -0.311 e. The van der Waals surface area contributed by atoms with Crippen LogP contribution in [-0.2, 0) is 0 Å². The summed E-state index contributed by atoms with van der Waals surface area (Å²) in [7, 11) is 0. The zero-order chi connectivity index (χ0) is 11.1. The predicted molar refractivity (Wildman–Crippen MR) is 67.5 cm³/mol. The third-order valence-electron chi connectivity index (χ3n) is 5.41. The van der Waals surface area contributed by atoms with Crippen LogP contribution < -0.4 is 5.32 Å². The van der Waals surface area contributed by atoms with E-state index in [0.717, 1.165) is 30.0 Å². The topological polar surface area (TPSA) is 15.3 Å². The molecule has 3 fully saturated rings. The molecule has 1 N–H and O–H groups in total. The van der Waals surface area contributed by atoms with E-state index >= 15 is 0 Å². The summed E-state index contributed by atoms with van der Waals surface area (Å²) >= 11 is 0. The van der Waals surface area contributed by atoms with Crippen LogP contribution in [0.1, 0.15) is 46.0 Å². The van der Waals surface area contributed by atoms with E-state index < -0.39 is 0 Å². The molecule has 0 spiro atoms. The van der Waals surface area contributed by atoms with Crippen LogP contribution >= 0.6 is 0 Å². The Hall–Kier alpha value is -0.0800. The molecule has 5 unspecified atom stereocenters. The van der Waals surface area contributed by atoms with Crippen molar-refractivity contribution in [3.05, 3.63) is 0 Å². The maximum Gasteiger partial charge on any atom is 0.0111 e. The highest BCUT2D eigenvalue weighted by atomic mass is 15.2. The first kappa shape index (κ1) is 11.0. The monoisotopic (exact) mass is 222 g/mol. The molecule has 0 aromatic rings. The maximum absolute atomic E-state index is 3.77. The van der Waals surface area contributed by atoms with Gasteiger partial charge in [0, 0.05) is 24.7 Å². The van der Waals surface area contributed by atoms with E-state index in [-0.39, 0.29) is 0 Å². The Bertz CT molecular complexity index is 253. The Kier molecular flexibility index (Phi) is 2.97. The summed E-state index contributed by atoms with van der Waals surface area (Å²) in [5, 5.41) is 3.77. The highest BCUT2D eigenvalue weighted by molar-refractivity contribution is 4.99. The fourth-order valence-electron chi connectivity index (χ4n) is 4.12. The Balaban J connectivity index is 1.58. The number of likely N-dealkylation sites (tertiary alicyclic amines) is 1. The van der Waals surface area contributed by atoms with Gasteiger partial charge in [-0.1, -0.05) is 6.92 Å². The lowest BCUT2D eigenvalue weighted by Gasteiger charge is -2.40. The van der Waals surface area contributed by atoms with E-state index in [2.05, 4.69) is 24.1 Å². The van der Waals surface area contributed by atoms with Crippen molar-refractivity contribution in [3.8, 4) is 0 Å². The van der Waals surface area contributed by atoms with E-state index in [9.17, 15) is 0 Å². The standard InChI is InChI=1S/C14H26N2/c1-10-4-3-7-16(11(10)2)9-12-8-13-5-6-14(12)15-13/h10-15H,3-9H2,1-2H3. The molecule has 0 aliphatic carbocycles. The molecule has 16 heavy (non-hydrogen) atoms. The average molecular weight is 222 g/mol. The number of nitrogens with zero attached hydrogens (tertiary/aromatic N) is 1. The Morgan fingerprint density at radius 2 is 2.06 bits per heavy atom. The van der Waals surface area contributed by atoms with Gasteiger partial charge in [-0.2, -0.15) is 0 Å². The van der Waals surface area contributed by atoms with Gasteiger partial charge in [0.25, 0.3) is 0 Å². The van der Waals surface area contributed by atoms with Gasteiger partial charge in [-0.25, -0.2) is 0 Å². The van der Waals surface area contributed by atoms with E-state index in [0.29, 0.717) is 0 Å². The summed E-state index contributed by atoms with van der Waals surface area (Å²) < 4.78 is 0. The zero-order valence-electron chi connectivity index (χ0n) is 10.8. The second kappa shape index (κ2) is 4.30. The minimum absolute atomic E-state index is 0.813. The second-order valence-electron chi connectivity index (χ2n) is 6.40. The fraction of sp³-hybridized carbons (Fsp3) is 1.00. The van der Waals surface area contributed by atoms with Gasteiger partial charge in [0.1, 0.15) is 0 Å². The largest absolute Gasteiger partial charge is 0.311 e. The molecule has 5 atom stereocenters. The smallest absolute Gasteiger partial charge is 0.0111 e. The molecule has 3 rings (SSSR count). The number of hydrogen-bond acceptors (Lipinski definition) is 2. The fourth-order valence-corrected chi connectivity index (χ4v) is 4.12. The van der Waals surface area contributed by atoms with Crippen molar-refractivity contribution in [1.29, 1.82) is 0 Å². The zero-order valence-corrected chi connectivity index (χ0v) is 10.8. The van der Waals surface area contributed by atoms with Crippen LogP contribution in [0.25, 0.3) is 0 Å². The van der Waals surface area contributed by atoms with Crippen LogP contribution in [0.4, 0.5) is 0 Å². The molecule has 3 saturated heterocycles. The van der Waals surface area contributed by atoms with Gasteiger partial charge >= 0.3 is 0 Å². The van der Waals surface area contributed by atoms with Gasteiger partial charge < -0.3 is 10.2 Å². The maximum atomic E-state index is 3.77. The molecule has 0 amide bonds. The van der Waals surface area contributed by atoms with Crippen LogP contribution in [0, 0.1) is 11.8 Å². The van der Waals surface area contributed by atoms with Gasteiger partial charge in [-0.15, -0.1) is 0 Å². The van der Waals surface area contributed by atoms with Gasteiger partial charge in [0.05, 0.1) is 0 Å². The summed E-state index contributed by atoms with van der Waals surface area (Å²) in [5.41, 5.74) is 0. The molecule has 0 saturated carbocycles. The normalized spacial score (nSPS) is 48.8. The summed E-state index contributed by atoms with van der Waals surface area (Å²) in [5.74, 6) is 1.85. The SMILES string of the molecule is CC1CCCN(CC2CC3CCC2N3)C1C. The van der Waals surface area contributed by atoms with Crippen LogP contribution in [0.5, 0.6) is 0 Å². The molecule has 0 aromatic carbocycles. The molecule has 0 radical (unpaired) electrons. The number of rotatable bonds is 2. The van der Waals surface area contributed by atoms with E-state index in [1.165, 1.54) is 45.2 Å². The lowest BCUT2D eigenvalue weighted by Crippen LogP contribution is -2.46. The van der Waals surface area contributed by atoms with Crippen molar-refractivity contribution in [2.24, 2.45) is 11.8 Å². The number of hydrogen-bond donors (Lipinski definition) is 1. The summed E-state index contributed by atoms with van der Waals surface area (Å²) in [6.45, 7) is 7.57. The van der Waals surface area contributed by atoms with Crippen molar-refractivity contribution >= 4 is 0 Å². The molecular formula is C14H26N2. The van der Waals surface area contributed by atoms with Crippen LogP contribution in [0.3, 0.4) is 0 Å². The average Bonchev–Trinajstić information content (AvgIpc) is 2.86. The van der Waals surface area contributed by atoms with Crippen molar-refractivity contribution in [1.82, 2.24) is 10.2 Å². The number of piperidine rings is 1. The lowest BCUT2D eigenvalue weighted by molar-refractivity contribution is 0.0898. The van der Waals surface area contributed by atoms with Crippen LogP contribution in [0.2, 0.25) is 0 Å². The first-order valence-corrected chi connectivity index (χ1v) is 7.24. The highest BCUT2D eigenvalue weighted by Gasteiger charge is 2.40. The van der Waals surface area contributed by atoms with E-state index in [4.69, 9.17) is 0 Å². The minimum atomic E-state index is 0.813. The summed E-state index contributed by atoms with van der Waals surface area (Å²) in [6, 6.07) is 2.54. The van der Waals surface area contributed by atoms with Crippen LogP contribution in [-0.4, -0.2) is 36.1 Å².